The maximum Gasteiger partial charge on any atom is 0.270 e. The molecule has 0 bridgehead atoms. The van der Waals surface area contributed by atoms with E-state index in [4.69, 9.17) is 0 Å². The summed E-state index contributed by atoms with van der Waals surface area (Å²) in [5.41, 5.74) is 0.635. The van der Waals surface area contributed by atoms with Gasteiger partial charge in [-0.05, 0) is 25.0 Å². The van der Waals surface area contributed by atoms with Gasteiger partial charge in [-0.2, -0.15) is 0 Å². The molecule has 1 aliphatic rings. The molecule has 0 aliphatic carbocycles. The Hall–Kier alpha value is -1.32. The van der Waals surface area contributed by atoms with E-state index in [1.165, 1.54) is 0 Å². The van der Waals surface area contributed by atoms with E-state index in [0.717, 1.165) is 12.8 Å². The van der Waals surface area contributed by atoms with Gasteiger partial charge in [-0.25, -0.2) is 4.39 Å². The molecule has 15 heavy (non-hydrogen) atoms. The molecule has 1 aliphatic heterocycles. The van der Waals surface area contributed by atoms with E-state index in [1.807, 2.05) is 19.3 Å². The Morgan fingerprint density at radius 3 is 3.07 bits per heavy atom. The number of hydrogen-bond acceptors (Lipinski definition) is 1. The average molecular weight is 210 g/mol. The van der Waals surface area contributed by atoms with Crippen molar-refractivity contribution in [2.75, 3.05) is 13.2 Å². The van der Waals surface area contributed by atoms with Gasteiger partial charge in [-0.3, -0.25) is 4.79 Å². The molecule has 3 nitrogen and oxygen atoms in total. The van der Waals surface area contributed by atoms with E-state index in [9.17, 15) is 9.18 Å². The monoisotopic (exact) mass is 210 g/mol. The van der Waals surface area contributed by atoms with Crippen LogP contribution in [-0.4, -0.2) is 34.6 Å². The molecule has 82 valence electrons. The number of likely N-dealkylation sites (tertiary alicyclic amines) is 1. The molecule has 1 atom stereocenters. The summed E-state index contributed by atoms with van der Waals surface area (Å²) in [6, 6.07) is 3.39. The molecule has 0 radical (unpaired) electrons. The van der Waals surface area contributed by atoms with Crippen molar-refractivity contribution in [2.45, 2.75) is 18.9 Å². The maximum atomic E-state index is 12.7. The number of nitrogens with zero attached hydrogens (tertiary/aromatic N) is 2. The van der Waals surface area contributed by atoms with Crippen LogP contribution in [0.1, 0.15) is 23.3 Å². The molecule has 1 fully saturated rings. The molecule has 4 heteroatoms. The Balaban J connectivity index is 2.18. The van der Waals surface area contributed by atoms with Gasteiger partial charge in [0.2, 0.25) is 0 Å². The standard InChI is InChI=1S/C11H15FN2O/c1-13-6-3-5-10(13)11(15)14-7-2-4-9(14)8-12/h3,5-6,9H,2,4,7-8H2,1H3/t9-/m1/s1. The fraction of sp³-hybridized carbons (Fsp3) is 0.545. The highest BCUT2D eigenvalue weighted by Crippen LogP contribution is 2.20. The third-order valence-electron chi connectivity index (χ3n) is 2.98. The molecule has 0 aromatic carbocycles. The van der Waals surface area contributed by atoms with E-state index in [2.05, 4.69) is 0 Å². The van der Waals surface area contributed by atoms with E-state index in [1.54, 1.807) is 15.5 Å². The lowest BCUT2D eigenvalue weighted by Gasteiger charge is -2.22. The van der Waals surface area contributed by atoms with Gasteiger partial charge in [0.1, 0.15) is 12.4 Å². The van der Waals surface area contributed by atoms with Crippen molar-refractivity contribution in [3.8, 4) is 0 Å². The van der Waals surface area contributed by atoms with E-state index < -0.39 is 6.67 Å². The average Bonchev–Trinajstić information content (AvgIpc) is 2.84. The molecule has 0 N–H and O–H groups in total. The Bertz CT molecular complexity index is 361. The Kier molecular flexibility index (Phi) is 2.75. The third-order valence-corrected chi connectivity index (χ3v) is 2.98. The van der Waals surface area contributed by atoms with Crippen LogP contribution in [0.3, 0.4) is 0 Å². The van der Waals surface area contributed by atoms with Crippen LogP contribution in [0.15, 0.2) is 18.3 Å². The molecular formula is C11H15FN2O. The summed E-state index contributed by atoms with van der Waals surface area (Å²) in [5, 5.41) is 0. The minimum absolute atomic E-state index is 0.0531. The fourth-order valence-corrected chi connectivity index (χ4v) is 2.09. The lowest BCUT2D eigenvalue weighted by atomic mass is 10.2. The van der Waals surface area contributed by atoms with Crippen molar-refractivity contribution < 1.29 is 9.18 Å². The number of aryl methyl sites for hydroxylation is 1. The van der Waals surface area contributed by atoms with Gasteiger partial charge in [-0.1, -0.05) is 0 Å². The first-order valence-electron chi connectivity index (χ1n) is 5.22. The Morgan fingerprint density at radius 1 is 1.67 bits per heavy atom. The lowest BCUT2D eigenvalue weighted by Crippen LogP contribution is -2.37. The zero-order valence-electron chi connectivity index (χ0n) is 8.82. The number of alkyl halides is 1. The molecule has 0 spiro atoms. The highest BCUT2D eigenvalue weighted by molar-refractivity contribution is 5.93. The van der Waals surface area contributed by atoms with Crippen molar-refractivity contribution in [3.05, 3.63) is 24.0 Å². The number of carbonyl (C=O) groups is 1. The molecule has 1 saturated heterocycles. The van der Waals surface area contributed by atoms with Crippen LogP contribution in [0, 0.1) is 0 Å². The summed E-state index contributed by atoms with van der Waals surface area (Å²) >= 11 is 0. The van der Waals surface area contributed by atoms with Crippen LogP contribution in [0.25, 0.3) is 0 Å². The SMILES string of the molecule is Cn1cccc1C(=O)N1CCC[C@@H]1CF. The number of hydrogen-bond donors (Lipinski definition) is 0. The molecule has 2 rings (SSSR count). The smallest absolute Gasteiger partial charge is 0.270 e. The van der Waals surface area contributed by atoms with Gasteiger partial charge in [0, 0.05) is 19.8 Å². The van der Waals surface area contributed by atoms with Gasteiger partial charge in [0.15, 0.2) is 0 Å². The molecule has 1 aromatic rings. The summed E-state index contributed by atoms with van der Waals surface area (Å²) in [6.45, 7) is 0.245. The first-order chi connectivity index (χ1) is 7.24. The van der Waals surface area contributed by atoms with Crippen LogP contribution < -0.4 is 0 Å². The van der Waals surface area contributed by atoms with Crippen LogP contribution in [0.2, 0.25) is 0 Å². The fourth-order valence-electron chi connectivity index (χ4n) is 2.09. The first kappa shape index (κ1) is 10.2. The number of aromatic nitrogens is 1. The molecule has 1 amide bonds. The van der Waals surface area contributed by atoms with Crippen LogP contribution in [0.5, 0.6) is 0 Å². The summed E-state index contributed by atoms with van der Waals surface area (Å²) in [7, 11) is 1.83. The molecule has 0 saturated carbocycles. The largest absolute Gasteiger partial charge is 0.347 e. The van der Waals surface area contributed by atoms with Crippen molar-refractivity contribution in [3.63, 3.8) is 0 Å². The second kappa shape index (κ2) is 4.04. The van der Waals surface area contributed by atoms with E-state index in [0.29, 0.717) is 12.2 Å². The van der Waals surface area contributed by atoms with Crippen molar-refractivity contribution in [1.29, 1.82) is 0 Å². The zero-order valence-corrected chi connectivity index (χ0v) is 8.82. The van der Waals surface area contributed by atoms with Crippen molar-refractivity contribution in [2.24, 2.45) is 7.05 Å². The van der Waals surface area contributed by atoms with E-state index in [-0.39, 0.29) is 11.9 Å². The molecular weight excluding hydrogens is 195 g/mol. The molecule has 0 unspecified atom stereocenters. The van der Waals surface area contributed by atoms with Crippen LogP contribution >= 0.6 is 0 Å². The highest BCUT2D eigenvalue weighted by atomic mass is 19.1. The first-order valence-corrected chi connectivity index (χ1v) is 5.22. The number of halogens is 1. The second-order valence-electron chi connectivity index (χ2n) is 3.95. The maximum absolute atomic E-state index is 12.7. The van der Waals surface area contributed by atoms with Gasteiger partial charge < -0.3 is 9.47 Å². The molecule has 1 aromatic heterocycles. The quantitative estimate of drug-likeness (QED) is 0.727. The summed E-state index contributed by atoms with van der Waals surface area (Å²) < 4.78 is 14.4. The predicted octanol–water partition coefficient (Wildman–Crippen LogP) is 1.60. The highest BCUT2D eigenvalue weighted by Gasteiger charge is 2.30. The minimum atomic E-state index is -0.434. The number of amides is 1. The lowest BCUT2D eigenvalue weighted by molar-refractivity contribution is 0.0706. The van der Waals surface area contributed by atoms with Gasteiger partial charge in [0.25, 0.3) is 5.91 Å². The van der Waals surface area contributed by atoms with E-state index >= 15 is 0 Å². The second-order valence-corrected chi connectivity index (χ2v) is 3.95. The number of carbonyl (C=O) groups excluding carboxylic acids is 1. The minimum Gasteiger partial charge on any atom is -0.347 e. The van der Waals surface area contributed by atoms with Crippen molar-refractivity contribution >= 4 is 5.91 Å². The summed E-state index contributed by atoms with van der Waals surface area (Å²) in [4.78, 5) is 13.7. The Labute approximate surface area is 88.5 Å². The third kappa shape index (κ3) is 1.76. The van der Waals surface area contributed by atoms with Gasteiger partial charge in [0.05, 0.1) is 6.04 Å². The van der Waals surface area contributed by atoms with Crippen LogP contribution in [0.4, 0.5) is 4.39 Å². The molecule has 2 heterocycles. The van der Waals surface area contributed by atoms with Gasteiger partial charge in [-0.15, -0.1) is 0 Å². The summed E-state index contributed by atoms with van der Waals surface area (Å²) in [6.07, 6.45) is 3.52. The predicted molar refractivity (Wildman–Crippen MR) is 55.4 cm³/mol. The van der Waals surface area contributed by atoms with Gasteiger partial charge >= 0.3 is 0 Å². The zero-order chi connectivity index (χ0) is 10.8. The van der Waals surface area contributed by atoms with Crippen molar-refractivity contribution in [1.82, 2.24) is 9.47 Å². The normalized spacial score (nSPS) is 20.9. The van der Waals surface area contributed by atoms with Crippen LogP contribution in [-0.2, 0) is 7.05 Å². The Morgan fingerprint density at radius 2 is 2.47 bits per heavy atom. The number of rotatable bonds is 2. The summed E-state index contributed by atoms with van der Waals surface area (Å²) in [5.74, 6) is -0.0531. The topological polar surface area (TPSA) is 25.2 Å².